The van der Waals surface area contributed by atoms with E-state index < -0.39 is 0 Å². The fraction of sp³-hybridized carbons (Fsp3) is 1.00. The highest BCUT2D eigenvalue weighted by atomic mass is 32.2. The van der Waals surface area contributed by atoms with Crippen molar-refractivity contribution in [3.05, 3.63) is 0 Å². The molecule has 0 N–H and O–H groups in total. The third kappa shape index (κ3) is 4.70. The first-order valence-corrected chi connectivity index (χ1v) is 9.75. The van der Waals surface area contributed by atoms with Crippen molar-refractivity contribution in [1.29, 1.82) is 0 Å². The zero-order valence-corrected chi connectivity index (χ0v) is 13.6. The summed E-state index contributed by atoms with van der Waals surface area (Å²) in [7, 11) is 0. The summed E-state index contributed by atoms with van der Waals surface area (Å²) in [5.41, 5.74) is 0.652. The molecule has 0 aliphatic heterocycles. The molecule has 1 fully saturated rings. The van der Waals surface area contributed by atoms with Gasteiger partial charge in [0, 0.05) is 5.08 Å². The van der Waals surface area contributed by atoms with E-state index in [0.29, 0.717) is 5.41 Å². The Morgan fingerprint density at radius 2 is 1.59 bits per heavy atom. The van der Waals surface area contributed by atoms with Crippen molar-refractivity contribution in [2.45, 2.75) is 65.7 Å². The Balaban J connectivity index is 2.47. The van der Waals surface area contributed by atoms with Gasteiger partial charge >= 0.3 is 0 Å². The van der Waals surface area contributed by atoms with Gasteiger partial charge in [-0.25, -0.2) is 0 Å². The highest BCUT2D eigenvalue weighted by Gasteiger charge is 2.35. The van der Waals surface area contributed by atoms with E-state index in [1.807, 2.05) is 0 Å². The van der Waals surface area contributed by atoms with Crippen LogP contribution < -0.4 is 0 Å². The summed E-state index contributed by atoms with van der Waals surface area (Å²) in [6, 6.07) is 0. The van der Waals surface area contributed by atoms with E-state index in [-0.39, 0.29) is 0 Å². The standard InChI is InChI=1S/C15H30S2/c1-4-15(5-2,12-17-13-16-6-3)14-10-8-7-9-11-14/h14H,4-13H2,1-3H3. The summed E-state index contributed by atoms with van der Waals surface area (Å²) < 4.78 is 0. The lowest BCUT2D eigenvalue weighted by Gasteiger charge is -2.42. The average Bonchev–Trinajstić information content (AvgIpc) is 2.41. The van der Waals surface area contributed by atoms with Crippen molar-refractivity contribution in [3.63, 3.8) is 0 Å². The molecule has 0 radical (unpaired) electrons. The van der Waals surface area contributed by atoms with Gasteiger partial charge in [0.1, 0.15) is 0 Å². The van der Waals surface area contributed by atoms with E-state index in [9.17, 15) is 0 Å². The number of thioether (sulfide) groups is 2. The van der Waals surface area contributed by atoms with Crippen LogP contribution in [0.15, 0.2) is 0 Å². The molecule has 0 amide bonds. The number of hydrogen-bond acceptors (Lipinski definition) is 2. The Bertz CT molecular complexity index is 181. The molecule has 17 heavy (non-hydrogen) atoms. The zero-order valence-electron chi connectivity index (χ0n) is 12.0. The van der Waals surface area contributed by atoms with Crippen LogP contribution in [0.1, 0.15) is 65.7 Å². The van der Waals surface area contributed by atoms with E-state index in [4.69, 9.17) is 0 Å². The third-order valence-electron chi connectivity index (χ3n) is 4.64. The Morgan fingerprint density at radius 1 is 0.941 bits per heavy atom. The Labute approximate surface area is 117 Å². The van der Waals surface area contributed by atoms with Crippen molar-refractivity contribution < 1.29 is 0 Å². The lowest BCUT2D eigenvalue weighted by Crippen LogP contribution is -2.33. The van der Waals surface area contributed by atoms with Gasteiger partial charge in [0.2, 0.25) is 0 Å². The monoisotopic (exact) mass is 274 g/mol. The second-order valence-corrected chi connectivity index (χ2v) is 7.99. The maximum atomic E-state index is 2.42. The van der Waals surface area contributed by atoms with Gasteiger partial charge in [-0.2, -0.15) is 23.5 Å². The van der Waals surface area contributed by atoms with Gasteiger partial charge in [0.05, 0.1) is 0 Å². The van der Waals surface area contributed by atoms with Crippen LogP contribution in [0.4, 0.5) is 0 Å². The maximum Gasteiger partial charge on any atom is 0.0392 e. The zero-order chi connectivity index (χ0) is 12.6. The molecular formula is C15H30S2. The fourth-order valence-corrected chi connectivity index (χ4v) is 5.77. The predicted octanol–water partition coefficient (Wildman–Crippen LogP) is 5.82. The largest absolute Gasteiger partial charge is 0.151 e. The van der Waals surface area contributed by atoms with Crippen LogP contribution in [0.3, 0.4) is 0 Å². The summed E-state index contributed by atoms with van der Waals surface area (Å²) in [6.45, 7) is 7.11. The summed E-state index contributed by atoms with van der Waals surface area (Å²) in [5.74, 6) is 3.68. The molecule has 1 aliphatic carbocycles. The molecule has 0 aromatic heterocycles. The first-order valence-electron chi connectivity index (χ1n) is 7.44. The topological polar surface area (TPSA) is 0 Å². The Hall–Kier alpha value is 0.700. The van der Waals surface area contributed by atoms with Crippen molar-refractivity contribution in [2.24, 2.45) is 11.3 Å². The van der Waals surface area contributed by atoms with Gasteiger partial charge in [-0.05, 0) is 48.5 Å². The molecule has 0 spiro atoms. The molecular weight excluding hydrogens is 244 g/mol. The number of rotatable bonds is 8. The molecule has 1 aliphatic rings. The second kappa shape index (κ2) is 8.74. The summed E-state index contributed by atoms with van der Waals surface area (Å²) in [6.07, 6.45) is 10.2. The minimum Gasteiger partial charge on any atom is -0.151 e. The molecule has 0 aromatic rings. The van der Waals surface area contributed by atoms with Crippen LogP contribution in [-0.2, 0) is 0 Å². The molecule has 2 heteroatoms. The first kappa shape index (κ1) is 15.8. The smallest absolute Gasteiger partial charge is 0.0392 e. The maximum absolute atomic E-state index is 2.42. The SMILES string of the molecule is CCSCSCC(CC)(CC)C1CCCCC1. The van der Waals surface area contributed by atoms with E-state index >= 15 is 0 Å². The predicted molar refractivity (Wildman–Crippen MR) is 85.0 cm³/mol. The molecule has 0 nitrogen and oxygen atoms in total. The highest BCUT2D eigenvalue weighted by Crippen LogP contribution is 2.45. The lowest BCUT2D eigenvalue weighted by molar-refractivity contribution is 0.131. The van der Waals surface area contributed by atoms with Crippen LogP contribution in [0, 0.1) is 11.3 Å². The fourth-order valence-electron chi connectivity index (χ4n) is 3.25. The van der Waals surface area contributed by atoms with Gasteiger partial charge in [0.15, 0.2) is 0 Å². The highest BCUT2D eigenvalue weighted by molar-refractivity contribution is 8.15. The first-order chi connectivity index (χ1) is 8.29. The molecule has 1 rings (SSSR count). The van der Waals surface area contributed by atoms with E-state index in [1.54, 1.807) is 0 Å². The van der Waals surface area contributed by atoms with E-state index in [1.165, 1.54) is 61.5 Å². The van der Waals surface area contributed by atoms with Gasteiger partial charge in [-0.3, -0.25) is 0 Å². The molecule has 1 saturated carbocycles. The summed E-state index contributed by atoms with van der Waals surface area (Å²) in [5, 5.41) is 1.30. The molecule has 0 bridgehead atoms. The quantitative estimate of drug-likeness (QED) is 0.404. The minimum absolute atomic E-state index is 0.652. The van der Waals surface area contributed by atoms with Crippen LogP contribution >= 0.6 is 23.5 Å². The second-order valence-electron chi connectivity index (χ2n) is 5.36. The van der Waals surface area contributed by atoms with E-state index in [0.717, 1.165) is 5.92 Å². The normalized spacial score (nSPS) is 18.5. The van der Waals surface area contributed by atoms with Gasteiger partial charge < -0.3 is 0 Å². The van der Waals surface area contributed by atoms with Crippen molar-refractivity contribution in [3.8, 4) is 0 Å². The Kier molecular flexibility index (Phi) is 8.10. The van der Waals surface area contributed by atoms with Crippen LogP contribution in [0.5, 0.6) is 0 Å². The summed E-state index contributed by atoms with van der Waals surface area (Å²) in [4.78, 5) is 0. The molecule has 0 atom stereocenters. The lowest BCUT2D eigenvalue weighted by atomic mass is 9.67. The van der Waals surface area contributed by atoms with E-state index in [2.05, 4.69) is 44.3 Å². The number of hydrogen-bond donors (Lipinski definition) is 0. The summed E-state index contributed by atoms with van der Waals surface area (Å²) >= 11 is 4.27. The van der Waals surface area contributed by atoms with Gasteiger partial charge in [0.25, 0.3) is 0 Å². The average molecular weight is 275 g/mol. The molecule has 0 heterocycles. The van der Waals surface area contributed by atoms with Gasteiger partial charge in [-0.15, -0.1) is 0 Å². The van der Waals surface area contributed by atoms with Crippen LogP contribution in [0.25, 0.3) is 0 Å². The third-order valence-corrected chi connectivity index (χ3v) is 7.16. The van der Waals surface area contributed by atoms with Crippen molar-refractivity contribution in [1.82, 2.24) is 0 Å². The minimum atomic E-state index is 0.652. The molecule has 0 unspecified atom stereocenters. The Morgan fingerprint density at radius 3 is 2.12 bits per heavy atom. The van der Waals surface area contributed by atoms with Crippen molar-refractivity contribution in [2.75, 3.05) is 16.6 Å². The van der Waals surface area contributed by atoms with Crippen LogP contribution in [0.2, 0.25) is 0 Å². The van der Waals surface area contributed by atoms with Crippen molar-refractivity contribution >= 4 is 23.5 Å². The van der Waals surface area contributed by atoms with Crippen LogP contribution in [-0.4, -0.2) is 16.6 Å². The molecule has 102 valence electrons. The van der Waals surface area contributed by atoms with Gasteiger partial charge in [-0.1, -0.05) is 40.0 Å². The molecule has 0 aromatic carbocycles. The molecule has 0 saturated heterocycles.